The Labute approximate surface area is 189 Å². The Balaban J connectivity index is 2.11. The molecule has 7 heteroatoms. The van der Waals surface area contributed by atoms with Gasteiger partial charge in [-0.15, -0.1) is 13.0 Å². The van der Waals surface area contributed by atoms with Crippen molar-refractivity contribution < 1.29 is 9.47 Å². The molecule has 158 valence electrons. The standard InChI is InChI=1S/C24H22BrN3O3/c1-5-8-17-12-16(13-21(30-4)23(17)31-11-6-2)15-26-28-22(7-3)27-20-10-9-18(25)14-19(20)24(28)29/h2,5,9-10,12-15H,1,7-8,11H2,3-4H3. The van der Waals surface area contributed by atoms with Crippen molar-refractivity contribution in [1.29, 1.82) is 0 Å². The Morgan fingerprint density at radius 2 is 2.16 bits per heavy atom. The molecule has 3 aromatic rings. The molecule has 0 saturated carbocycles. The lowest BCUT2D eigenvalue weighted by Crippen LogP contribution is -2.22. The van der Waals surface area contributed by atoms with E-state index < -0.39 is 0 Å². The van der Waals surface area contributed by atoms with Crippen molar-refractivity contribution in [1.82, 2.24) is 9.66 Å². The molecule has 31 heavy (non-hydrogen) atoms. The van der Waals surface area contributed by atoms with Crippen molar-refractivity contribution >= 4 is 33.0 Å². The molecule has 0 N–H and O–H groups in total. The van der Waals surface area contributed by atoms with Crippen LogP contribution in [0.5, 0.6) is 11.5 Å². The van der Waals surface area contributed by atoms with Crippen molar-refractivity contribution in [2.75, 3.05) is 13.7 Å². The first-order chi connectivity index (χ1) is 15.0. The predicted octanol–water partition coefficient (Wildman–Crippen LogP) is 4.35. The molecule has 1 aromatic heterocycles. The molecule has 0 amide bonds. The molecule has 0 aliphatic heterocycles. The van der Waals surface area contributed by atoms with Crippen molar-refractivity contribution in [3.8, 4) is 23.8 Å². The van der Waals surface area contributed by atoms with E-state index in [-0.39, 0.29) is 12.2 Å². The fourth-order valence-corrected chi connectivity index (χ4v) is 3.52. The minimum absolute atomic E-state index is 0.126. The van der Waals surface area contributed by atoms with Gasteiger partial charge in [-0.05, 0) is 42.3 Å². The molecule has 0 unspecified atom stereocenters. The molecule has 0 fully saturated rings. The lowest BCUT2D eigenvalue weighted by Gasteiger charge is -2.14. The van der Waals surface area contributed by atoms with Gasteiger partial charge in [-0.2, -0.15) is 9.78 Å². The van der Waals surface area contributed by atoms with Crippen LogP contribution in [0.4, 0.5) is 0 Å². The zero-order valence-electron chi connectivity index (χ0n) is 17.4. The summed E-state index contributed by atoms with van der Waals surface area (Å²) in [4.78, 5) is 17.6. The summed E-state index contributed by atoms with van der Waals surface area (Å²) in [7, 11) is 1.56. The summed E-state index contributed by atoms with van der Waals surface area (Å²) < 4.78 is 13.3. The molecule has 0 atom stereocenters. The van der Waals surface area contributed by atoms with Crippen LogP contribution in [0, 0.1) is 12.3 Å². The Morgan fingerprint density at radius 3 is 2.84 bits per heavy atom. The summed E-state index contributed by atoms with van der Waals surface area (Å²) >= 11 is 3.41. The van der Waals surface area contributed by atoms with E-state index in [9.17, 15) is 4.79 Å². The molecule has 0 radical (unpaired) electrons. The second kappa shape index (κ2) is 10.1. The van der Waals surface area contributed by atoms with Crippen molar-refractivity contribution in [2.45, 2.75) is 19.8 Å². The van der Waals surface area contributed by atoms with Gasteiger partial charge in [-0.1, -0.05) is 34.9 Å². The molecular weight excluding hydrogens is 458 g/mol. The van der Waals surface area contributed by atoms with E-state index >= 15 is 0 Å². The highest BCUT2D eigenvalue weighted by atomic mass is 79.9. The Morgan fingerprint density at radius 1 is 1.35 bits per heavy atom. The number of ether oxygens (including phenoxy) is 2. The zero-order valence-corrected chi connectivity index (χ0v) is 19.0. The summed E-state index contributed by atoms with van der Waals surface area (Å²) in [6.45, 7) is 5.86. The Hall–Kier alpha value is -3.37. The maximum absolute atomic E-state index is 13.1. The van der Waals surface area contributed by atoms with Gasteiger partial charge in [0.15, 0.2) is 11.5 Å². The number of nitrogens with zero attached hydrogens (tertiary/aromatic N) is 3. The number of halogens is 1. The van der Waals surface area contributed by atoms with Crippen molar-refractivity contribution in [3.05, 3.63) is 74.8 Å². The van der Waals surface area contributed by atoms with Crippen LogP contribution in [-0.2, 0) is 12.8 Å². The van der Waals surface area contributed by atoms with E-state index in [2.05, 4.69) is 38.5 Å². The average molecular weight is 480 g/mol. The molecule has 3 rings (SSSR count). The maximum Gasteiger partial charge on any atom is 0.282 e. The quantitative estimate of drug-likeness (QED) is 0.273. The second-order valence-corrected chi connectivity index (χ2v) is 7.52. The summed E-state index contributed by atoms with van der Waals surface area (Å²) in [5, 5.41) is 4.93. The minimum atomic E-state index is -0.230. The predicted molar refractivity (Wildman–Crippen MR) is 127 cm³/mol. The van der Waals surface area contributed by atoms with E-state index in [0.717, 1.165) is 15.6 Å². The lowest BCUT2D eigenvalue weighted by atomic mass is 10.1. The number of terminal acetylenes is 1. The van der Waals surface area contributed by atoms with Gasteiger partial charge < -0.3 is 9.47 Å². The average Bonchev–Trinajstić information content (AvgIpc) is 2.77. The highest BCUT2D eigenvalue weighted by Crippen LogP contribution is 2.33. The zero-order chi connectivity index (χ0) is 22.4. The summed E-state index contributed by atoms with van der Waals surface area (Å²) in [6.07, 6.45) is 9.81. The minimum Gasteiger partial charge on any atom is -0.493 e. The van der Waals surface area contributed by atoms with Gasteiger partial charge in [0.1, 0.15) is 12.4 Å². The number of hydrogen-bond donors (Lipinski definition) is 0. The van der Waals surface area contributed by atoms with Crippen LogP contribution >= 0.6 is 15.9 Å². The highest BCUT2D eigenvalue weighted by Gasteiger charge is 2.13. The van der Waals surface area contributed by atoms with Crippen molar-refractivity contribution in [3.63, 3.8) is 0 Å². The summed E-state index contributed by atoms with van der Waals surface area (Å²) in [6, 6.07) is 9.11. The normalized spacial score (nSPS) is 10.9. The van der Waals surface area contributed by atoms with Gasteiger partial charge in [-0.3, -0.25) is 4.79 Å². The first kappa shape index (κ1) is 22.3. The fraction of sp³-hybridized carbons (Fsp3) is 0.208. The third-order valence-electron chi connectivity index (χ3n) is 4.55. The number of rotatable bonds is 8. The van der Waals surface area contributed by atoms with E-state index in [1.165, 1.54) is 4.68 Å². The monoisotopic (exact) mass is 479 g/mol. The molecule has 0 aliphatic carbocycles. The smallest absolute Gasteiger partial charge is 0.282 e. The fourth-order valence-electron chi connectivity index (χ4n) is 3.16. The third kappa shape index (κ3) is 4.86. The van der Waals surface area contributed by atoms with Crippen LogP contribution in [0.2, 0.25) is 0 Å². The largest absolute Gasteiger partial charge is 0.493 e. The second-order valence-electron chi connectivity index (χ2n) is 6.60. The van der Waals surface area contributed by atoms with Crippen LogP contribution in [0.15, 0.2) is 57.4 Å². The van der Waals surface area contributed by atoms with Crippen LogP contribution in [0.1, 0.15) is 23.9 Å². The number of aromatic nitrogens is 2. The van der Waals surface area contributed by atoms with Gasteiger partial charge in [-0.25, -0.2) is 4.98 Å². The first-order valence-corrected chi connectivity index (χ1v) is 10.4. The Kier molecular flexibility index (Phi) is 7.27. The number of hydrogen-bond acceptors (Lipinski definition) is 5. The van der Waals surface area contributed by atoms with E-state index in [4.69, 9.17) is 15.9 Å². The first-order valence-electron chi connectivity index (χ1n) is 9.66. The number of allylic oxidation sites excluding steroid dienone is 1. The number of aryl methyl sites for hydroxylation is 1. The van der Waals surface area contributed by atoms with E-state index in [1.807, 2.05) is 25.1 Å². The summed E-state index contributed by atoms with van der Waals surface area (Å²) in [5.41, 5.74) is 2.01. The molecular formula is C24H22BrN3O3. The van der Waals surface area contributed by atoms with Crippen LogP contribution in [0.25, 0.3) is 10.9 Å². The molecule has 2 aromatic carbocycles. The molecule has 0 bridgehead atoms. The van der Waals surface area contributed by atoms with Crippen LogP contribution < -0.4 is 15.0 Å². The highest BCUT2D eigenvalue weighted by molar-refractivity contribution is 9.10. The Bertz CT molecular complexity index is 1260. The number of benzene rings is 2. The molecule has 0 saturated heterocycles. The molecule has 0 aliphatic rings. The molecule has 0 spiro atoms. The number of fused-ring (bicyclic) bond motifs is 1. The summed E-state index contributed by atoms with van der Waals surface area (Å²) in [5.74, 6) is 4.13. The topological polar surface area (TPSA) is 65.7 Å². The molecule has 1 heterocycles. The van der Waals surface area contributed by atoms with Gasteiger partial charge in [0, 0.05) is 16.5 Å². The van der Waals surface area contributed by atoms with Gasteiger partial charge >= 0.3 is 0 Å². The third-order valence-corrected chi connectivity index (χ3v) is 5.05. The van der Waals surface area contributed by atoms with Gasteiger partial charge in [0.25, 0.3) is 5.56 Å². The SMILES string of the molecule is C#CCOc1c(CC=C)cc(C=Nn2c(CC)nc3ccc(Br)cc3c2=O)cc1OC. The van der Waals surface area contributed by atoms with Gasteiger partial charge in [0.05, 0.1) is 24.2 Å². The van der Waals surface area contributed by atoms with Crippen LogP contribution in [-0.4, -0.2) is 29.6 Å². The van der Waals surface area contributed by atoms with E-state index in [1.54, 1.807) is 31.5 Å². The van der Waals surface area contributed by atoms with Gasteiger partial charge in [0.2, 0.25) is 0 Å². The maximum atomic E-state index is 13.1. The van der Waals surface area contributed by atoms with Crippen LogP contribution in [0.3, 0.4) is 0 Å². The molecule has 6 nitrogen and oxygen atoms in total. The van der Waals surface area contributed by atoms with Crippen molar-refractivity contribution in [2.24, 2.45) is 5.10 Å². The number of methoxy groups -OCH3 is 1. The lowest BCUT2D eigenvalue weighted by molar-refractivity contribution is 0.328. The van der Waals surface area contributed by atoms with E-state index in [0.29, 0.717) is 41.1 Å².